The molecule has 0 saturated carbocycles. The lowest BCUT2D eigenvalue weighted by atomic mass is 9.98. The SMILES string of the molecule is COC(=O)C[C@@H](C)[C@H](NC(=O)CCc1ccccc1)C(=O)OC. The first-order chi connectivity index (χ1) is 11.0. The molecule has 0 fully saturated rings. The van der Waals surface area contributed by atoms with E-state index in [1.807, 2.05) is 30.3 Å². The van der Waals surface area contributed by atoms with Crippen molar-refractivity contribution in [3.05, 3.63) is 35.9 Å². The number of esters is 2. The van der Waals surface area contributed by atoms with Gasteiger partial charge in [-0.25, -0.2) is 4.79 Å². The van der Waals surface area contributed by atoms with Gasteiger partial charge in [-0.2, -0.15) is 0 Å². The van der Waals surface area contributed by atoms with Gasteiger partial charge in [-0.3, -0.25) is 9.59 Å². The van der Waals surface area contributed by atoms with Gasteiger partial charge in [-0.05, 0) is 17.9 Å². The van der Waals surface area contributed by atoms with Crippen LogP contribution in [0.5, 0.6) is 0 Å². The van der Waals surface area contributed by atoms with Crippen LogP contribution in [0.3, 0.4) is 0 Å². The molecule has 0 aliphatic rings. The molecule has 1 aromatic rings. The third-order valence-corrected chi connectivity index (χ3v) is 3.54. The summed E-state index contributed by atoms with van der Waals surface area (Å²) in [4.78, 5) is 35.3. The van der Waals surface area contributed by atoms with E-state index < -0.39 is 23.9 Å². The molecule has 6 nitrogen and oxygen atoms in total. The Bertz CT molecular complexity index is 529. The molecule has 0 bridgehead atoms. The van der Waals surface area contributed by atoms with Crippen LogP contribution in [0.25, 0.3) is 0 Å². The molecule has 1 amide bonds. The first kappa shape index (κ1) is 18.7. The molecule has 1 aromatic carbocycles. The van der Waals surface area contributed by atoms with Crippen LogP contribution >= 0.6 is 0 Å². The number of amides is 1. The molecule has 0 aromatic heterocycles. The van der Waals surface area contributed by atoms with Crippen LogP contribution < -0.4 is 5.32 Å². The highest BCUT2D eigenvalue weighted by molar-refractivity contribution is 5.85. The molecule has 0 aliphatic carbocycles. The van der Waals surface area contributed by atoms with E-state index in [9.17, 15) is 14.4 Å². The van der Waals surface area contributed by atoms with Crippen molar-refractivity contribution in [2.45, 2.75) is 32.2 Å². The van der Waals surface area contributed by atoms with Crippen LogP contribution in [0.4, 0.5) is 0 Å². The van der Waals surface area contributed by atoms with E-state index in [-0.39, 0.29) is 18.7 Å². The fourth-order valence-electron chi connectivity index (χ4n) is 2.17. The van der Waals surface area contributed by atoms with Gasteiger partial charge in [0.25, 0.3) is 0 Å². The monoisotopic (exact) mass is 321 g/mol. The molecular weight excluding hydrogens is 298 g/mol. The lowest BCUT2D eigenvalue weighted by Gasteiger charge is -2.22. The van der Waals surface area contributed by atoms with Crippen LogP contribution in [0, 0.1) is 5.92 Å². The Kier molecular flexibility index (Phi) is 7.80. The Morgan fingerprint density at radius 2 is 1.74 bits per heavy atom. The first-order valence-corrected chi connectivity index (χ1v) is 7.45. The predicted octanol–water partition coefficient (Wildman–Crippen LogP) is 1.48. The molecule has 0 heterocycles. The van der Waals surface area contributed by atoms with Gasteiger partial charge in [0.15, 0.2) is 0 Å². The third-order valence-electron chi connectivity index (χ3n) is 3.54. The van der Waals surface area contributed by atoms with Crippen LogP contribution in [-0.4, -0.2) is 38.1 Å². The van der Waals surface area contributed by atoms with E-state index in [1.165, 1.54) is 14.2 Å². The van der Waals surface area contributed by atoms with Crippen molar-refractivity contribution in [3.63, 3.8) is 0 Å². The van der Waals surface area contributed by atoms with Crippen LogP contribution in [0.1, 0.15) is 25.3 Å². The van der Waals surface area contributed by atoms with E-state index in [0.29, 0.717) is 6.42 Å². The normalized spacial score (nSPS) is 12.8. The zero-order chi connectivity index (χ0) is 17.2. The van der Waals surface area contributed by atoms with Gasteiger partial charge in [0.1, 0.15) is 6.04 Å². The van der Waals surface area contributed by atoms with Crippen molar-refractivity contribution < 1.29 is 23.9 Å². The molecule has 2 atom stereocenters. The number of hydrogen-bond acceptors (Lipinski definition) is 5. The second-order valence-electron chi connectivity index (χ2n) is 5.31. The highest BCUT2D eigenvalue weighted by Gasteiger charge is 2.29. The number of hydrogen-bond donors (Lipinski definition) is 1. The van der Waals surface area contributed by atoms with Crippen molar-refractivity contribution in [1.82, 2.24) is 5.32 Å². The summed E-state index contributed by atoms with van der Waals surface area (Å²) in [5.74, 6) is -1.70. The number of ether oxygens (including phenoxy) is 2. The number of carbonyl (C=O) groups is 3. The topological polar surface area (TPSA) is 81.7 Å². The lowest BCUT2D eigenvalue weighted by molar-refractivity contribution is -0.148. The zero-order valence-electron chi connectivity index (χ0n) is 13.7. The minimum Gasteiger partial charge on any atom is -0.469 e. The maximum absolute atomic E-state index is 12.1. The molecule has 126 valence electrons. The van der Waals surface area contributed by atoms with Crippen LogP contribution in [0.2, 0.25) is 0 Å². The van der Waals surface area contributed by atoms with Crippen molar-refractivity contribution in [2.24, 2.45) is 5.92 Å². The third kappa shape index (κ3) is 6.50. The van der Waals surface area contributed by atoms with Gasteiger partial charge in [-0.1, -0.05) is 37.3 Å². The van der Waals surface area contributed by atoms with Gasteiger partial charge in [0.2, 0.25) is 5.91 Å². The molecule has 1 rings (SSSR count). The fraction of sp³-hybridized carbons (Fsp3) is 0.471. The summed E-state index contributed by atoms with van der Waals surface area (Å²) in [7, 11) is 2.52. The van der Waals surface area contributed by atoms with E-state index in [1.54, 1.807) is 6.92 Å². The molecule has 23 heavy (non-hydrogen) atoms. The number of methoxy groups -OCH3 is 2. The maximum atomic E-state index is 12.1. The highest BCUT2D eigenvalue weighted by atomic mass is 16.5. The number of carbonyl (C=O) groups excluding carboxylic acids is 3. The number of rotatable bonds is 8. The maximum Gasteiger partial charge on any atom is 0.328 e. The van der Waals surface area contributed by atoms with E-state index in [2.05, 4.69) is 10.1 Å². The van der Waals surface area contributed by atoms with Crippen molar-refractivity contribution in [2.75, 3.05) is 14.2 Å². The predicted molar refractivity (Wildman–Crippen MR) is 84.5 cm³/mol. The minimum atomic E-state index is -0.873. The van der Waals surface area contributed by atoms with Gasteiger partial charge < -0.3 is 14.8 Å². The Labute approximate surface area is 136 Å². The van der Waals surface area contributed by atoms with Gasteiger partial charge in [0.05, 0.1) is 20.6 Å². The highest BCUT2D eigenvalue weighted by Crippen LogP contribution is 2.12. The quantitative estimate of drug-likeness (QED) is 0.733. The molecule has 0 radical (unpaired) electrons. The van der Waals surface area contributed by atoms with E-state index >= 15 is 0 Å². The minimum absolute atomic E-state index is 0.0230. The summed E-state index contributed by atoms with van der Waals surface area (Å²) in [5.41, 5.74) is 1.04. The van der Waals surface area contributed by atoms with Gasteiger partial charge in [-0.15, -0.1) is 0 Å². The number of aryl methyl sites for hydroxylation is 1. The molecule has 0 unspecified atom stereocenters. The Morgan fingerprint density at radius 1 is 1.09 bits per heavy atom. The summed E-state index contributed by atoms with van der Waals surface area (Å²) in [6.07, 6.45) is 0.851. The molecule has 0 aliphatic heterocycles. The number of nitrogens with one attached hydrogen (secondary N) is 1. The average molecular weight is 321 g/mol. The molecular formula is C17H23NO5. The summed E-state index contributed by atoms with van der Waals surface area (Å²) in [6, 6.07) is 8.72. The standard InChI is InChI=1S/C17H23NO5/c1-12(11-15(20)22-2)16(17(21)23-3)18-14(19)10-9-13-7-5-4-6-8-13/h4-8,12,16H,9-11H2,1-3H3,(H,18,19)/t12-,16+/m1/s1. The fourth-order valence-corrected chi connectivity index (χ4v) is 2.17. The van der Waals surface area contributed by atoms with Crippen LogP contribution in [-0.2, 0) is 30.3 Å². The molecule has 1 N–H and O–H groups in total. The zero-order valence-corrected chi connectivity index (χ0v) is 13.7. The lowest BCUT2D eigenvalue weighted by Crippen LogP contribution is -2.46. The van der Waals surface area contributed by atoms with Gasteiger partial charge >= 0.3 is 11.9 Å². The first-order valence-electron chi connectivity index (χ1n) is 7.45. The molecule has 0 saturated heterocycles. The molecule has 6 heteroatoms. The average Bonchev–Trinajstić information content (AvgIpc) is 2.57. The van der Waals surface area contributed by atoms with Crippen molar-refractivity contribution in [3.8, 4) is 0 Å². The number of benzene rings is 1. The summed E-state index contributed by atoms with van der Waals surface area (Å²) in [5, 5.41) is 2.65. The summed E-state index contributed by atoms with van der Waals surface area (Å²) >= 11 is 0. The van der Waals surface area contributed by atoms with Gasteiger partial charge in [0, 0.05) is 6.42 Å². The largest absolute Gasteiger partial charge is 0.469 e. The summed E-state index contributed by atoms with van der Waals surface area (Å²) in [6.45, 7) is 1.69. The van der Waals surface area contributed by atoms with Crippen molar-refractivity contribution >= 4 is 17.8 Å². The Morgan fingerprint density at radius 3 is 2.30 bits per heavy atom. The van der Waals surface area contributed by atoms with E-state index in [4.69, 9.17) is 4.74 Å². The van der Waals surface area contributed by atoms with Crippen molar-refractivity contribution in [1.29, 1.82) is 0 Å². The molecule has 0 spiro atoms. The second-order valence-corrected chi connectivity index (χ2v) is 5.31. The Hall–Kier alpha value is -2.37. The summed E-state index contributed by atoms with van der Waals surface area (Å²) < 4.78 is 9.30. The van der Waals surface area contributed by atoms with E-state index in [0.717, 1.165) is 5.56 Å². The van der Waals surface area contributed by atoms with Crippen LogP contribution in [0.15, 0.2) is 30.3 Å². The Balaban J connectivity index is 2.60. The second kappa shape index (κ2) is 9.61. The smallest absolute Gasteiger partial charge is 0.328 e.